The Morgan fingerprint density at radius 3 is 2.73 bits per heavy atom. The molecule has 1 amide bonds. The summed E-state index contributed by atoms with van der Waals surface area (Å²) in [6.45, 7) is 6.31. The number of tetrazole rings is 1. The summed E-state index contributed by atoms with van der Waals surface area (Å²) in [5.41, 5.74) is 5.04. The average molecular weight is 309 g/mol. The van der Waals surface area contributed by atoms with Crippen LogP contribution in [0.15, 0.2) is 0 Å². The Morgan fingerprint density at radius 2 is 2.14 bits per heavy atom. The third kappa shape index (κ3) is 4.02. The van der Waals surface area contributed by atoms with E-state index in [1.165, 1.54) is 6.42 Å². The first-order chi connectivity index (χ1) is 10.4. The van der Waals surface area contributed by atoms with Crippen molar-refractivity contribution >= 4 is 11.9 Å². The van der Waals surface area contributed by atoms with Gasteiger partial charge in [0.25, 0.3) is 11.7 Å². The van der Waals surface area contributed by atoms with Gasteiger partial charge in [-0.05, 0) is 35.8 Å². The fourth-order valence-electron chi connectivity index (χ4n) is 2.98. The van der Waals surface area contributed by atoms with Gasteiger partial charge in [0, 0.05) is 0 Å². The summed E-state index contributed by atoms with van der Waals surface area (Å²) >= 11 is 0. The first kappa shape index (κ1) is 16.4. The van der Waals surface area contributed by atoms with E-state index in [0.717, 1.165) is 17.6 Å². The normalized spacial score (nSPS) is 25.2. The van der Waals surface area contributed by atoms with E-state index in [4.69, 9.17) is 10.5 Å². The molecule has 0 aliphatic heterocycles. The van der Waals surface area contributed by atoms with E-state index >= 15 is 0 Å². The number of hydrogen-bond acceptors (Lipinski definition) is 6. The second-order valence-electron chi connectivity index (χ2n) is 6.36. The lowest BCUT2D eigenvalue weighted by atomic mass is 9.75. The summed E-state index contributed by atoms with van der Waals surface area (Å²) in [6.07, 6.45) is 3.05. The smallest absolute Gasteiger partial charge is 0.330 e. The van der Waals surface area contributed by atoms with Gasteiger partial charge >= 0.3 is 5.97 Å². The monoisotopic (exact) mass is 309 g/mol. The largest absolute Gasteiger partial charge is 0.461 e. The number of esters is 1. The number of carbonyl (C=O) groups is 2. The molecule has 0 spiro atoms. The number of ether oxygens (including phenoxy) is 1. The van der Waals surface area contributed by atoms with Crippen LogP contribution in [0, 0.1) is 17.8 Å². The summed E-state index contributed by atoms with van der Waals surface area (Å²) in [5.74, 6) is -0.00188. The van der Waals surface area contributed by atoms with Crippen LogP contribution in [-0.4, -0.2) is 38.2 Å². The summed E-state index contributed by atoms with van der Waals surface area (Å²) < 4.78 is 5.63. The maximum absolute atomic E-state index is 12.1. The van der Waals surface area contributed by atoms with Gasteiger partial charge in [0.1, 0.15) is 6.10 Å². The van der Waals surface area contributed by atoms with E-state index < -0.39 is 11.9 Å². The Bertz CT molecular complexity index is 542. The molecule has 0 radical (unpaired) electrons. The standard InChI is InChI=1S/C14H23N5O3/c1-8(2)10-5-4-9(3)6-11(10)22-12(20)7-19-17-14(13(15)21)16-18-19/h8-11H,4-7H2,1-3H3,(H2,15,21). The lowest BCUT2D eigenvalue weighted by Gasteiger charge is -2.36. The molecule has 0 aromatic carbocycles. The highest BCUT2D eigenvalue weighted by atomic mass is 16.5. The highest BCUT2D eigenvalue weighted by molar-refractivity contribution is 5.88. The highest BCUT2D eigenvalue weighted by Crippen LogP contribution is 2.35. The molecule has 22 heavy (non-hydrogen) atoms. The predicted octanol–water partition coefficient (Wildman–Crippen LogP) is 0.776. The van der Waals surface area contributed by atoms with E-state index in [2.05, 4.69) is 36.2 Å². The van der Waals surface area contributed by atoms with E-state index in [1.54, 1.807) is 0 Å². The van der Waals surface area contributed by atoms with Crippen molar-refractivity contribution in [3.8, 4) is 0 Å². The van der Waals surface area contributed by atoms with Gasteiger partial charge in [-0.3, -0.25) is 4.79 Å². The van der Waals surface area contributed by atoms with Crippen LogP contribution in [-0.2, 0) is 16.1 Å². The second kappa shape index (κ2) is 6.85. The molecule has 8 nitrogen and oxygen atoms in total. The Kier molecular flexibility index (Phi) is 5.10. The first-order valence-electron chi connectivity index (χ1n) is 7.64. The summed E-state index contributed by atoms with van der Waals surface area (Å²) in [5, 5.41) is 10.8. The molecule has 1 fully saturated rings. The molecule has 8 heteroatoms. The van der Waals surface area contributed by atoms with Gasteiger partial charge in [0.15, 0.2) is 6.54 Å². The quantitative estimate of drug-likeness (QED) is 0.804. The highest BCUT2D eigenvalue weighted by Gasteiger charge is 2.33. The molecular formula is C14H23N5O3. The topological polar surface area (TPSA) is 113 Å². The van der Waals surface area contributed by atoms with Gasteiger partial charge in [-0.25, -0.2) is 4.79 Å². The van der Waals surface area contributed by atoms with Crippen LogP contribution in [0.25, 0.3) is 0 Å². The van der Waals surface area contributed by atoms with Crippen LogP contribution in [0.3, 0.4) is 0 Å². The SMILES string of the molecule is CC1CCC(C(C)C)C(OC(=O)Cn2nnc(C(N)=O)n2)C1. The zero-order valence-corrected chi connectivity index (χ0v) is 13.2. The van der Waals surface area contributed by atoms with E-state index in [0.29, 0.717) is 17.8 Å². The number of carbonyl (C=O) groups excluding carboxylic acids is 2. The fraction of sp³-hybridized carbons (Fsp3) is 0.786. The van der Waals surface area contributed by atoms with Gasteiger partial charge in [-0.1, -0.05) is 27.2 Å². The maximum atomic E-state index is 12.1. The van der Waals surface area contributed by atoms with Crippen molar-refractivity contribution in [1.29, 1.82) is 0 Å². The van der Waals surface area contributed by atoms with Crippen molar-refractivity contribution in [3.05, 3.63) is 5.82 Å². The molecular weight excluding hydrogens is 286 g/mol. The zero-order valence-electron chi connectivity index (χ0n) is 13.2. The molecule has 1 heterocycles. The van der Waals surface area contributed by atoms with Gasteiger partial charge in [-0.2, -0.15) is 4.80 Å². The maximum Gasteiger partial charge on any atom is 0.330 e. The Hall–Kier alpha value is -1.99. The predicted molar refractivity (Wildman–Crippen MR) is 77.6 cm³/mol. The van der Waals surface area contributed by atoms with Crippen molar-refractivity contribution in [3.63, 3.8) is 0 Å². The molecule has 2 N–H and O–H groups in total. The number of hydrogen-bond donors (Lipinski definition) is 1. The zero-order chi connectivity index (χ0) is 16.3. The van der Waals surface area contributed by atoms with E-state index in [-0.39, 0.29) is 18.5 Å². The van der Waals surface area contributed by atoms with E-state index in [9.17, 15) is 9.59 Å². The second-order valence-corrected chi connectivity index (χ2v) is 6.36. The molecule has 2 rings (SSSR count). The fourth-order valence-corrected chi connectivity index (χ4v) is 2.98. The van der Waals surface area contributed by atoms with Crippen molar-refractivity contribution in [2.45, 2.75) is 52.7 Å². The number of aromatic nitrogens is 4. The first-order valence-corrected chi connectivity index (χ1v) is 7.64. The molecule has 1 saturated carbocycles. The van der Waals surface area contributed by atoms with Crippen molar-refractivity contribution in [2.24, 2.45) is 23.5 Å². The minimum absolute atomic E-state index is 0.0737. The van der Waals surface area contributed by atoms with E-state index in [1.807, 2.05) is 0 Å². The Morgan fingerprint density at radius 1 is 1.41 bits per heavy atom. The molecule has 122 valence electrons. The van der Waals surface area contributed by atoms with Crippen molar-refractivity contribution in [2.75, 3.05) is 0 Å². The molecule has 1 aliphatic rings. The lowest BCUT2D eigenvalue weighted by Crippen LogP contribution is -2.36. The molecule has 0 saturated heterocycles. The number of nitrogens with zero attached hydrogens (tertiary/aromatic N) is 4. The van der Waals surface area contributed by atoms with Crippen LogP contribution in [0.1, 0.15) is 50.7 Å². The minimum Gasteiger partial charge on any atom is -0.461 e. The molecule has 3 atom stereocenters. The number of amides is 1. The molecule has 3 unspecified atom stereocenters. The third-order valence-corrected chi connectivity index (χ3v) is 4.19. The Labute approximate surface area is 129 Å². The third-order valence-electron chi connectivity index (χ3n) is 4.19. The van der Waals surface area contributed by atoms with Crippen LogP contribution in [0.5, 0.6) is 0 Å². The molecule has 0 bridgehead atoms. The summed E-state index contributed by atoms with van der Waals surface area (Å²) in [6, 6.07) is 0. The van der Waals surface area contributed by atoms with Gasteiger partial charge in [-0.15, -0.1) is 10.2 Å². The van der Waals surface area contributed by atoms with Crippen LogP contribution in [0.2, 0.25) is 0 Å². The number of primary amides is 1. The summed E-state index contributed by atoms with van der Waals surface area (Å²) in [4.78, 5) is 24.0. The van der Waals surface area contributed by atoms with Gasteiger partial charge in [0.2, 0.25) is 0 Å². The summed E-state index contributed by atoms with van der Waals surface area (Å²) in [7, 11) is 0. The molecule has 1 aromatic rings. The van der Waals surface area contributed by atoms with Crippen LogP contribution in [0.4, 0.5) is 0 Å². The molecule has 1 aromatic heterocycles. The lowest BCUT2D eigenvalue weighted by molar-refractivity contribution is -0.157. The van der Waals surface area contributed by atoms with Crippen molar-refractivity contribution in [1.82, 2.24) is 20.2 Å². The van der Waals surface area contributed by atoms with Crippen LogP contribution >= 0.6 is 0 Å². The van der Waals surface area contributed by atoms with Gasteiger partial charge in [0.05, 0.1) is 0 Å². The number of nitrogens with two attached hydrogens (primary N) is 1. The van der Waals surface area contributed by atoms with Gasteiger partial charge < -0.3 is 10.5 Å². The van der Waals surface area contributed by atoms with Crippen LogP contribution < -0.4 is 5.73 Å². The average Bonchev–Trinajstić information content (AvgIpc) is 2.86. The minimum atomic E-state index is -0.777. The number of rotatable bonds is 5. The Balaban J connectivity index is 1.95. The molecule has 1 aliphatic carbocycles. The van der Waals surface area contributed by atoms with Crippen molar-refractivity contribution < 1.29 is 14.3 Å².